The van der Waals surface area contributed by atoms with E-state index in [9.17, 15) is 0 Å². The second-order valence-corrected chi connectivity index (χ2v) is 10.8. The number of benzene rings is 4. The Morgan fingerprint density at radius 2 is 1.40 bits per heavy atom. The normalized spacial score (nSPS) is 11.9. The van der Waals surface area contributed by atoms with E-state index in [2.05, 4.69) is 131 Å². The summed E-state index contributed by atoms with van der Waals surface area (Å²) in [5, 5.41) is 2.72. The average Bonchev–Trinajstić information content (AvgIpc) is 3.71. The molecule has 0 aliphatic heterocycles. The van der Waals surface area contributed by atoms with Gasteiger partial charge in [-0.15, -0.1) is 70.5 Å². The van der Waals surface area contributed by atoms with Crippen LogP contribution in [0.2, 0.25) is 0 Å². The van der Waals surface area contributed by atoms with E-state index in [1.807, 2.05) is 0 Å². The Labute approximate surface area is 289 Å². The van der Waals surface area contributed by atoms with Crippen molar-refractivity contribution >= 4 is 42.5 Å². The Morgan fingerprint density at radius 1 is 0.767 bits per heavy atom. The fourth-order valence-electron chi connectivity index (χ4n) is 6.04. The van der Waals surface area contributed by atoms with E-state index in [1.54, 1.807) is 11.1 Å². The van der Waals surface area contributed by atoms with E-state index in [-0.39, 0.29) is 39.7 Å². The van der Waals surface area contributed by atoms with Gasteiger partial charge in [-0.2, -0.15) is 23.8 Å². The first-order chi connectivity index (χ1) is 19.1. The van der Waals surface area contributed by atoms with Crippen molar-refractivity contribution in [1.29, 1.82) is 0 Å². The summed E-state index contributed by atoms with van der Waals surface area (Å²) < 4.78 is 0. The molecular weight excluding hydrogens is 659 g/mol. The molecule has 0 amide bonds. The summed E-state index contributed by atoms with van der Waals surface area (Å²) in [5.74, 6) is 0.584. The van der Waals surface area contributed by atoms with Crippen LogP contribution in [0.3, 0.4) is 0 Å². The van der Waals surface area contributed by atoms with Gasteiger partial charge in [0.1, 0.15) is 0 Å². The third kappa shape index (κ3) is 8.55. The zero-order valence-electron chi connectivity index (χ0n) is 26.0. The van der Waals surface area contributed by atoms with E-state index in [1.165, 1.54) is 97.9 Å². The molecule has 2 radical (unpaired) electrons. The van der Waals surface area contributed by atoms with Crippen LogP contribution in [-0.2, 0) is 42.6 Å². The Morgan fingerprint density at radius 3 is 2.02 bits per heavy atom. The molecule has 0 saturated heterocycles. The van der Waals surface area contributed by atoms with Crippen molar-refractivity contribution in [1.82, 2.24) is 0 Å². The molecule has 43 heavy (non-hydrogen) atoms. The molecule has 2 aliphatic rings. The van der Waals surface area contributed by atoms with Crippen LogP contribution in [0.5, 0.6) is 0 Å². The summed E-state index contributed by atoms with van der Waals surface area (Å²) in [6.45, 7) is 9.75. The first kappa shape index (κ1) is 38.9. The van der Waals surface area contributed by atoms with Crippen molar-refractivity contribution in [2.24, 2.45) is 0 Å². The SMILES string of the molecule is CC(C)c1cc2c(-c3ccccc3)cccc2[cH-]1.CC1=[C-]c2cc3c(c(-c4ccccc4)c2C1)CCC3.Cl.Cl.[CH3-].[CH3-].[Si]=[Zr]. The molecule has 4 heteroatoms. The molecule has 0 saturated carbocycles. The van der Waals surface area contributed by atoms with Crippen LogP contribution in [-0.4, -0.2) is 6.88 Å². The first-order valence-electron chi connectivity index (χ1n) is 13.9. The molecule has 0 aromatic heterocycles. The molecule has 0 unspecified atom stereocenters. The van der Waals surface area contributed by atoms with Gasteiger partial charge in [0.05, 0.1) is 0 Å². The predicted octanol–water partition coefficient (Wildman–Crippen LogP) is 11.2. The van der Waals surface area contributed by atoms with Gasteiger partial charge >= 0.3 is 30.2 Å². The molecule has 5 aromatic rings. The Bertz CT molecular complexity index is 1620. The summed E-state index contributed by atoms with van der Waals surface area (Å²) >= 11 is 1.36. The van der Waals surface area contributed by atoms with Crippen LogP contribution in [0, 0.1) is 20.9 Å². The van der Waals surface area contributed by atoms with E-state index >= 15 is 0 Å². The second-order valence-electron chi connectivity index (χ2n) is 10.8. The summed E-state index contributed by atoms with van der Waals surface area (Å²) in [4.78, 5) is 0. The van der Waals surface area contributed by atoms with Crippen LogP contribution in [0.15, 0.2) is 103 Å². The third-order valence-electron chi connectivity index (χ3n) is 7.88. The van der Waals surface area contributed by atoms with Crippen molar-refractivity contribution in [2.45, 2.75) is 52.4 Å². The number of allylic oxidation sites excluding steroid dienone is 1. The monoisotopic (exact) mass is 698 g/mol. The van der Waals surface area contributed by atoms with Gasteiger partial charge < -0.3 is 14.9 Å². The van der Waals surface area contributed by atoms with Crippen LogP contribution in [0.4, 0.5) is 0 Å². The van der Waals surface area contributed by atoms with E-state index in [4.69, 9.17) is 0 Å². The van der Waals surface area contributed by atoms with E-state index in [0.717, 1.165) is 6.42 Å². The average molecular weight is 701 g/mol. The Balaban J connectivity index is 0.000000374. The van der Waals surface area contributed by atoms with Crippen molar-refractivity contribution in [3.63, 3.8) is 0 Å². The summed E-state index contributed by atoms with van der Waals surface area (Å²) in [6.07, 6.45) is 8.42. The molecule has 5 aromatic carbocycles. The number of aryl methyl sites for hydroxylation is 1. The molecular formula is C39H42Cl2SiZr-4. The van der Waals surface area contributed by atoms with Gasteiger partial charge in [0.2, 0.25) is 0 Å². The van der Waals surface area contributed by atoms with Crippen LogP contribution < -0.4 is 0 Å². The summed E-state index contributed by atoms with van der Waals surface area (Å²) in [6, 6.07) is 35.1. The summed E-state index contributed by atoms with van der Waals surface area (Å²) in [5.41, 5.74) is 14.3. The zero-order chi connectivity index (χ0) is 27.4. The van der Waals surface area contributed by atoms with Gasteiger partial charge in [-0.25, -0.2) is 0 Å². The first-order valence-corrected chi connectivity index (χ1v) is 18.1. The fourth-order valence-corrected chi connectivity index (χ4v) is 6.04. The molecule has 0 atom stereocenters. The standard InChI is InChI=1S/C19H17.C18H17.2CH3.2ClH.Si.Zr/c1-13-10-16-12-15-8-5-9-17(15)19(18(16)11-13)14-6-3-2-4-7-14;1-13(2)16-11-15-9-6-10-17(18(15)12-16)14-7-4-3-5-8-14;;;;;;/h2-4,6-7,12H,5,8-9,11H2,1H3;3-13H,1-2H3;2*1H3;2*1H;;/q4*-1;;;;. The van der Waals surface area contributed by atoms with Crippen LogP contribution in [0.25, 0.3) is 33.0 Å². The van der Waals surface area contributed by atoms with Crippen molar-refractivity contribution in [3.8, 4) is 22.3 Å². The molecule has 7 rings (SSSR count). The van der Waals surface area contributed by atoms with Gasteiger partial charge in [0, 0.05) is 0 Å². The van der Waals surface area contributed by atoms with Crippen LogP contribution >= 0.6 is 24.8 Å². The van der Waals surface area contributed by atoms with Crippen molar-refractivity contribution in [3.05, 3.63) is 151 Å². The second kappa shape index (κ2) is 18.0. The van der Waals surface area contributed by atoms with Gasteiger partial charge in [0.15, 0.2) is 0 Å². The van der Waals surface area contributed by atoms with Gasteiger partial charge in [-0.05, 0) is 36.3 Å². The molecule has 0 nitrogen and oxygen atoms in total. The molecule has 0 N–H and O–H groups in total. The molecule has 2 aliphatic carbocycles. The minimum atomic E-state index is 0. The maximum absolute atomic E-state index is 3.55. The Hall–Kier alpha value is -2.09. The van der Waals surface area contributed by atoms with Crippen molar-refractivity contribution < 1.29 is 23.3 Å². The maximum atomic E-state index is 3.55. The van der Waals surface area contributed by atoms with Crippen molar-refractivity contribution in [2.75, 3.05) is 0 Å². The van der Waals surface area contributed by atoms with E-state index < -0.39 is 0 Å². The number of hydrogen-bond donors (Lipinski definition) is 0. The predicted molar refractivity (Wildman–Crippen MR) is 191 cm³/mol. The molecule has 0 heterocycles. The van der Waals surface area contributed by atoms with E-state index in [0.29, 0.717) is 5.92 Å². The quantitative estimate of drug-likeness (QED) is 0.130. The van der Waals surface area contributed by atoms with Gasteiger partial charge in [0.25, 0.3) is 0 Å². The molecule has 224 valence electrons. The topological polar surface area (TPSA) is 0 Å². The summed E-state index contributed by atoms with van der Waals surface area (Å²) in [7, 11) is 0. The van der Waals surface area contributed by atoms with Gasteiger partial charge in [-0.3, -0.25) is 0 Å². The van der Waals surface area contributed by atoms with Gasteiger partial charge in [-0.1, -0.05) is 116 Å². The molecule has 0 fully saturated rings. The Kier molecular flexibility index (Phi) is 16.3. The number of rotatable bonds is 3. The zero-order valence-corrected chi connectivity index (χ0v) is 31.1. The third-order valence-corrected chi connectivity index (χ3v) is 7.88. The number of hydrogen-bond acceptors (Lipinski definition) is 0. The molecule has 0 spiro atoms. The fraction of sp³-hybridized carbons (Fsp3) is 0.205. The number of halogens is 2. The molecule has 0 bridgehead atoms. The number of fused-ring (bicyclic) bond motifs is 3. The minimum absolute atomic E-state index is 0. The van der Waals surface area contributed by atoms with Crippen LogP contribution in [0.1, 0.15) is 60.9 Å².